The van der Waals surface area contributed by atoms with Crippen molar-refractivity contribution in [2.75, 3.05) is 4.90 Å². The van der Waals surface area contributed by atoms with Crippen LogP contribution in [0.2, 0.25) is 0 Å². The average molecular weight is 371 g/mol. The number of nitrogens with zero attached hydrogens (tertiary/aromatic N) is 1. The van der Waals surface area contributed by atoms with Crippen molar-refractivity contribution in [3.05, 3.63) is 48.5 Å². The van der Waals surface area contributed by atoms with Crippen molar-refractivity contribution in [3.8, 4) is 0 Å². The quantitative estimate of drug-likeness (QED) is 0.424. The Balaban J connectivity index is 0.00000120. The Morgan fingerprint density at radius 1 is 0.850 bits per heavy atom. The van der Waals surface area contributed by atoms with E-state index in [9.17, 15) is 4.79 Å². The van der Waals surface area contributed by atoms with Crippen LogP contribution in [0.5, 0.6) is 0 Å². The fourth-order valence-electron chi connectivity index (χ4n) is 1.89. The van der Waals surface area contributed by atoms with E-state index in [1.54, 1.807) is 16.7 Å². The van der Waals surface area contributed by atoms with Crippen molar-refractivity contribution in [1.29, 1.82) is 0 Å². The Hall–Kier alpha value is -0.580. The van der Waals surface area contributed by atoms with E-state index >= 15 is 0 Å². The van der Waals surface area contributed by atoms with Crippen LogP contribution in [0.25, 0.3) is 0 Å². The second-order valence-corrected chi connectivity index (χ2v) is 5.03. The minimum absolute atomic E-state index is 0. The Labute approximate surface area is 145 Å². The summed E-state index contributed by atoms with van der Waals surface area (Å²) in [5, 5.41) is -0.481. The summed E-state index contributed by atoms with van der Waals surface area (Å²) < 4.78 is 0. The van der Waals surface area contributed by atoms with Crippen molar-refractivity contribution in [2.24, 2.45) is 0 Å². The summed E-state index contributed by atoms with van der Waals surface area (Å²) >= 11 is 7.34. The van der Waals surface area contributed by atoms with Crippen LogP contribution in [0, 0.1) is 0 Å². The van der Waals surface area contributed by atoms with Gasteiger partial charge in [0.1, 0.15) is 0 Å². The molecule has 3 rings (SSSR count). The van der Waals surface area contributed by atoms with Gasteiger partial charge in [-0.3, -0.25) is 9.69 Å². The molecule has 0 bridgehead atoms. The molecule has 1 aliphatic heterocycles. The van der Waals surface area contributed by atoms with Crippen LogP contribution in [0.15, 0.2) is 58.3 Å². The topological polar surface area (TPSA) is 20.3 Å². The SMILES string of the molecule is Cl.Cl.Cl.O=C(Cl)N1c2ccccc2Sc2ccccc21. The van der Waals surface area contributed by atoms with Crippen molar-refractivity contribution in [2.45, 2.75) is 9.79 Å². The van der Waals surface area contributed by atoms with Crippen molar-refractivity contribution in [3.63, 3.8) is 0 Å². The van der Waals surface area contributed by atoms with E-state index in [2.05, 4.69) is 0 Å². The van der Waals surface area contributed by atoms with E-state index in [0.29, 0.717) is 0 Å². The lowest BCUT2D eigenvalue weighted by molar-refractivity contribution is 0.266. The Bertz CT molecular complexity index is 563. The lowest BCUT2D eigenvalue weighted by Crippen LogP contribution is -2.22. The molecule has 0 spiro atoms. The van der Waals surface area contributed by atoms with Gasteiger partial charge in [-0.05, 0) is 35.9 Å². The Morgan fingerprint density at radius 2 is 1.25 bits per heavy atom. The van der Waals surface area contributed by atoms with Gasteiger partial charge in [-0.25, -0.2) is 0 Å². The molecule has 0 radical (unpaired) electrons. The summed E-state index contributed by atoms with van der Waals surface area (Å²) in [6, 6.07) is 15.5. The summed E-state index contributed by atoms with van der Waals surface area (Å²) in [5.74, 6) is 0. The number of hydrogen-bond acceptors (Lipinski definition) is 2. The van der Waals surface area contributed by atoms with Gasteiger partial charge in [-0.1, -0.05) is 36.0 Å². The smallest absolute Gasteiger partial charge is 0.265 e. The lowest BCUT2D eigenvalue weighted by Gasteiger charge is -2.28. The average Bonchev–Trinajstić information content (AvgIpc) is 2.35. The third kappa shape index (κ3) is 3.35. The molecular weight excluding hydrogens is 360 g/mol. The summed E-state index contributed by atoms with van der Waals surface area (Å²) in [5.41, 5.74) is 1.69. The third-order valence-electron chi connectivity index (χ3n) is 2.61. The van der Waals surface area contributed by atoms with E-state index in [1.807, 2.05) is 48.5 Å². The molecule has 20 heavy (non-hydrogen) atoms. The van der Waals surface area contributed by atoms with Crippen molar-refractivity contribution < 1.29 is 4.79 Å². The first-order chi connectivity index (χ1) is 8.27. The van der Waals surface area contributed by atoms with Crippen molar-refractivity contribution >= 4 is 77.3 Å². The lowest BCUT2D eigenvalue weighted by atomic mass is 10.2. The zero-order valence-electron chi connectivity index (χ0n) is 9.99. The van der Waals surface area contributed by atoms with Crippen LogP contribution in [0.3, 0.4) is 0 Å². The first-order valence-electron chi connectivity index (χ1n) is 5.13. The van der Waals surface area contributed by atoms with Gasteiger partial charge in [-0.15, -0.1) is 37.2 Å². The molecule has 2 nitrogen and oxygen atoms in total. The minimum Gasteiger partial charge on any atom is -0.265 e. The normalized spacial score (nSPS) is 10.9. The molecule has 1 aliphatic rings. The maximum atomic E-state index is 11.6. The summed E-state index contributed by atoms with van der Waals surface area (Å²) in [7, 11) is 0. The van der Waals surface area contributed by atoms with Crippen molar-refractivity contribution in [1.82, 2.24) is 0 Å². The second kappa shape index (κ2) is 8.01. The molecule has 0 atom stereocenters. The van der Waals surface area contributed by atoms with E-state index in [0.717, 1.165) is 21.2 Å². The van der Waals surface area contributed by atoms with Crippen LogP contribution in [0.4, 0.5) is 16.2 Å². The van der Waals surface area contributed by atoms with Gasteiger partial charge in [0, 0.05) is 9.79 Å². The van der Waals surface area contributed by atoms with E-state index in [-0.39, 0.29) is 37.2 Å². The molecule has 7 heteroatoms. The molecular formula is C13H11Cl4NOS. The molecule has 0 saturated carbocycles. The highest BCUT2D eigenvalue weighted by Crippen LogP contribution is 2.48. The highest BCUT2D eigenvalue weighted by Gasteiger charge is 2.26. The first kappa shape index (κ1) is 19.4. The highest BCUT2D eigenvalue weighted by atomic mass is 35.5. The number of benzene rings is 2. The fourth-order valence-corrected chi connectivity index (χ4v) is 3.13. The molecule has 1 heterocycles. The second-order valence-electron chi connectivity index (χ2n) is 3.63. The minimum atomic E-state index is -0.481. The predicted octanol–water partition coefficient (Wildman–Crippen LogP) is 5.91. The maximum absolute atomic E-state index is 11.6. The molecule has 1 amide bonds. The van der Waals surface area contributed by atoms with Crippen LogP contribution in [-0.2, 0) is 0 Å². The van der Waals surface area contributed by atoms with Crippen LogP contribution in [-0.4, -0.2) is 5.37 Å². The predicted molar refractivity (Wildman–Crippen MR) is 92.1 cm³/mol. The number of amides is 1. The number of carbonyl (C=O) groups is 1. The Morgan fingerprint density at radius 3 is 1.65 bits per heavy atom. The third-order valence-corrected chi connectivity index (χ3v) is 3.91. The molecule has 108 valence electrons. The van der Waals surface area contributed by atoms with Crippen LogP contribution < -0.4 is 4.90 Å². The first-order valence-corrected chi connectivity index (χ1v) is 6.32. The molecule has 0 unspecified atom stereocenters. The molecule has 0 N–H and O–H groups in total. The molecule has 2 aromatic carbocycles. The van der Waals surface area contributed by atoms with E-state index in [4.69, 9.17) is 11.6 Å². The molecule has 0 aromatic heterocycles. The van der Waals surface area contributed by atoms with E-state index < -0.39 is 5.37 Å². The molecule has 0 aliphatic carbocycles. The van der Waals surface area contributed by atoms with Gasteiger partial charge >= 0.3 is 5.37 Å². The van der Waals surface area contributed by atoms with Gasteiger partial charge in [0.25, 0.3) is 0 Å². The van der Waals surface area contributed by atoms with Crippen LogP contribution in [0.1, 0.15) is 0 Å². The van der Waals surface area contributed by atoms with Gasteiger partial charge in [0.2, 0.25) is 0 Å². The number of carbonyl (C=O) groups excluding carboxylic acids is 1. The summed E-state index contributed by atoms with van der Waals surface area (Å²) in [6.45, 7) is 0. The zero-order valence-corrected chi connectivity index (χ0v) is 14.0. The number of fused-ring (bicyclic) bond motifs is 2. The zero-order chi connectivity index (χ0) is 11.8. The number of hydrogen-bond donors (Lipinski definition) is 0. The number of anilines is 2. The van der Waals surface area contributed by atoms with Gasteiger partial charge in [0.15, 0.2) is 0 Å². The number of para-hydroxylation sites is 2. The highest BCUT2D eigenvalue weighted by molar-refractivity contribution is 7.99. The summed E-state index contributed by atoms with van der Waals surface area (Å²) in [6.07, 6.45) is 0. The number of halogens is 4. The van der Waals surface area contributed by atoms with Gasteiger partial charge in [0.05, 0.1) is 11.4 Å². The summed E-state index contributed by atoms with van der Waals surface area (Å²) in [4.78, 5) is 15.2. The Kier molecular flexibility index (Phi) is 7.78. The van der Waals surface area contributed by atoms with E-state index in [1.165, 1.54) is 0 Å². The largest absolute Gasteiger partial charge is 0.325 e. The standard InChI is InChI=1S/C13H8ClNOS.3ClH/c14-13(16)15-9-5-1-3-7-11(9)17-12-8-4-2-6-10(12)15;;;/h1-8H;3*1H. The van der Waals surface area contributed by atoms with Crippen LogP contribution >= 0.6 is 60.6 Å². The van der Waals surface area contributed by atoms with Gasteiger partial charge in [-0.2, -0.15) is 0 Å². The molecule has 0 fully saturated rings. The molecule has 0 saturated heterocycles. The monoisotopic (exact) mass is 369 g/mol. The number of rotatable bonds is 0. The van der Waals surface area contributed by atoms with Gasteiger partial charge < -0.3 is 0 Å². The maximum Gasteiger partial charge on any atom is 0.325 e. The fraction of sp³-hybridized carbons (Fsp3) is 0. The molecule has 2 aromatic rings.